The molecule has 0 saturated carbocycles. The molecule has 1 aromatic heterocycles. The lowest BCUT2D eigenvalue weighted by Crippen LogP contribution is -2.48. The van der Waals surface area contributed by atoms with Gasteiger partial charge in [-0.25, -0.2) is 4.99 Å². The minimum atomic E-state index is 0. The molecule has 2 N–H and O–H groups in total. The number of rotatable bonds is 6. The molecule has 0 amide bonds. The summed E-state index contributed by atoms with van der Waals surface area (Å²) in [6, 6.07) is 11.1. The van der Waals surface area contributed by atoms with Crippen molar-refractivity contribution >= 4 is 57.2 Å². The molecule has 1 fully saturated rings. The highest BCUT2D eigenvalue weighted by molar-refractivity contribution is 14.0. The van der Waals surface area contributed by atoms with Crippen LogP contribution in [0.4, 0.5) is 0 Å². The predicted octanol–water partition coefficient (Wildman–Crippen LogP) is 4.85. The molecule has 0 unspecified atom stereocenters. The van der Waals surface area contributed by atoms with Crippen LogP contribution in [0.5, 0.6) is 0 Å². The molecule has 148 valence electrons. The van der Waals surface area contributed by atoms with E-state index in [1.165, 1.54) is 11.1 Å². The second-order valence-corrected chi connectivity index (χ2v) is 8.34. The van der Waals surface area contributed by atoms with Crippen molar-refractivity contribution in [3.05, 3.63) is 56.7 Å². The number of likely N-dealkylation sites (tertiary alicyclic amines) is 1. The highest BCUT2D eigenvalue weighted by Crippen LogP contribution is 2.16. The normalized spacial score (nSPS) is 16.0. The molecule has 0 aliphatic carbocycles. The van der Waals surface area contributed by atoms with Gasteiger partial charge in [0.2, 0.25) is 0 Å². The molecule has 2 heterocycles. The zero-order valence-corrected chi connectivity index (χ0v) is 20.4. The van der Waals surface area contributed by atoms with Crippen molar-refractivity contribution in [2.24, 2.45) is 4.99 Å². The maximum absolute atomic E-state index is 4.75. The molecule has 3 rings (SSSR count). The van der Waals surface area contributed by atoms with Crippen molar-refractivity contribution in [2.45, 2.75) is 38.9 Å². The fourth-order valence-electron chi connectivity index (χ4n) is 3.15. The topological polar surface area (TPSA) is 39.7 Å². The number of hydrogen-bond donors (Lipinski definition) is 2. The van der Waals surface area contributed by atoms with E-state index in [-0.39, 0.29) is 24.0 Å². The first kappa shape index (κ1) is 22.6. The molecule has 1 aromatic carbocycles. The summed E-state index contributed by atoms with van der Waals surface area (Å²) in [5.41, 5.74) is 2.65. The molecule has 1 saturated heterocycles. The van der Waals surface area contributed by atoms with Gasteiger partial charge in [-0.3, -0.25) is 4.90 Å². The molecule has 1 aliphatic rings. The molecule has 0 bridgehead atoms. The Balaban J connectivity index is 0.00000261. The standard InChI is InChI=1S/C20H27BrN4S.HI/c1-2-22-20(23-13-16-3-5-18(21)6-4-16)24-19-7-10-25(11-8-19)14-17-9-12-26-15-17;/h3-6,9,12,15,19H,2,7-8,10-11,13-14H2,1H3,(H2,22,23,24);1H. The van der Waals surface area contributed by atoms with Crippen LogP contribution < -0.4 is 10.6 Å². The SMILES string of the molecule is CCNC(=NCc1ccc(Br)cc1)NC1CCN(Cc2ccsc2)CC1.I. The van der Waals surface area contributed by atoms with E-state index in [2.05, 4.69) is 79.5 Å². The summed E-state index contributed by atoms with van der Waals surface area (Å²) in [6.45, 7) is 7.04. The van der Waals surface area contributed by atoms with Crippen LogP contribution in [0.3, 0.4) is 0 Å². The number of aliphatic imine (C=N–C) groups is 1. The van der Waals surface area contributed by atoms with Gasteiger partial charge in [-0.1, -0.05) is 28.1 Å². The van der Waals surface area contributed by atoms with Gasteiger partial charge < -0.3 is 10.6 Å². The van der Waals surface area contributed by atoms with Gasteiger partial charge in [0.05, 0.1) is 6.54 Å². The van der Waals surface area contributed by atoms with E-state index in [0.29, 0.717) is 12.6 Å². The summed E-state index contributed by atoms with van der Waals surface area (Å²) >= 11 is 5.26. The summed E-state index contributed by atoms with van der Waals surface area (Å²) in [5, 5.41) is 11.4. The van der Waals surface area contributed by atoms with Gasteiger partial charge in [0.15, 0.2) is 5.96 Å². The quantitative estimate of drug-likeness (QED) is 0.300. The maximum atomic E-state index is 4.75. The number of benzene rings is 1. The van der Waals surface area contributed by atoms with Gasteiger partial charge in [0.1, 0.15) is 0 Å². The van der Waals surface area contributed by atoms with Gasteiger partial charge in [0.25, 0.3) is 0 Å². The van der Waals surface area contributed by atoms with E-state index in [0.717, 1.165) is 49.5 Å². The van der Waals surface area contributed by atoms with Crippen molar-refractivity contribution in [3.8, 4) is 0 Å². The van der Waals surface area contributed by atoms with E-state index in [1.54, 1.807) is 11.3 Å². The van der Waals surface area contributed by atoms with Crippen LogP contribution in [-0.4, -0.2) is 36.5 Å². The summed E-state index contributed by atoms with van der Waals surface area (Å²) in [5.74, 6) is 0.923. The van der Waals surface area contributed by atoms with Crippen LogP contribution in [-0.2, 0) is 13.1 Å². The van der Waals surface area contributed by atoms with Crippen LogP contribution in [0, 0.1) is 0 Å². The third kappa shape index (κ3) is 7.71. The van der Waals surface area contributed by atoms with Gasteiger partial charge in [-0.05, 0) is 59.9 Å². The predicted molar refractivity (Wildman–Crippen MR) is 130 cm³/mol. The highest BCUT2D eigenvalue weighted by Gasteiger charge is 2.20. The van der Waals surface area contributed by atoms with Gasteiger partial charge in [0, 0.05) is 36.7 Å². The monoisotopic (exact) mass is 562 g/mol. The number of thiophene rings is 1. The van der Waals surface area contributed by atoms with Crippen molar-refractivity contribution in [2.75, 3.05) is 19.6 Å². The van der Waals surface area contributed by atoms with Crippen molar-refractivity contribution < 1.29 is 0 Å². The molecule has 0 radical (unpaired) electrons. The fraction of sp³-hybridized carbons (Fsp3) is 0.450. The number of halogens is 2. The molecular weight excluding hydrogens is 535 g/mol. The van der Waals surface area contributed by atoms with Crippen LogP contribution in [0.1, 0.15) is 30.9 Å². The molecular formula is C20H28BrIN4S. The largest absolute Gasteiger partial charge is 0.357 e. The molecule has 4 nitrogen and oxygen atoms in total. The van der Waals surface area contributed by atoms with Crippen LogP contribution in [0.2, 0.25) is 0 Å². The fourth-order valence-corrected chi connectivity index (χ4v) is 4.07. The molecule has 0 atom stereocenters. The first-order valence-corrected chi connectivity index (χ1v) is 11.0. The second kappa shape index (κ2) is 12.0. The lowest BCUT2D eigenvalue weighted by atomic mass is 10.0. The molecule has 2 aromatic rings. The Labute approximate surface area is 192 Å². The van der Waals surface area contributed by atoms with E-state index >= 15 is 0 Å². The molecule has 0 spiro atoms. The highest BCUT2D eigenvalue weighted by atomic mass is 127. The van der Waals surface area contributed by atoms with E-state index < -0.39 is 0 Å². The molecule has 1 aliphatic heterocycles. The summed E-state index contributed by atoms with van der Waals surface area (Å²) < 4.78 is 1.10. The van der Waals surface area contributed by atoms with Crippen LogP contribution in [0.25, 0.3) is 0 Å². The number of guanidine groups is 1. The summed E-state index contributed by atoms with van der Waals surface area (Å²) in [6.07, 6.45) is 2.32. The maximum Gasteiger partial charge on any atom is 0.191 e. The lowest BCUT2D eigenvalue weighted by molar-refractivity contribution is 0.198. The second-order valence-electron chi connectivity index (χ2n) is 6.65. The Bertz CT molecular complexity index is 683. The third-order valence-corrected chi connectivity index (χ3v) is 5.85. The summed E-state index contributed by atoms with van der Waals surface area (Å²) in [7, 11) is 0. The minimum absolute atomic E-state index is 0. The number of piperidine rings is 1. The molecule has 27 heavy (non-hydrogen) atoms. The van der Waals surface area contributed by atoms with E-state index in [9.17, 15) is 0 Å². The Kier molecular flexibility index (Phi) is 10.1. The van der Waals surface area contributed by atoms with Crippen molar-refractivity contribution in [1.29, 1.82) is 0 Å². The average Bonchev–Trinajstić information content (AvgIpc) is 3.16. The van der Waals surface area contributed by atoms with Crippen molar-refractivity contribution in [3.63, 3.8) is 0 Å². The molecule has 7 heteroatoms. The first-order chi connectivity index (χ1) is 12.7. The number of hydrogen-bond acceptors (Lipinski definition) is 3. The Hall–Kier alpha value is -0.640. The minimum Gasteiger partial charge on any atom is -0.357 e. The zero-order chi connectivity index (χ0) is 18.2. The van der Waals surface area contributed by atoms with Crippen molar-refractivity contribution in [1.82, 2.24) is 15.5 Å². The van der Waals surface area contributed by atoms with E-state index in [4.69, 9.17) is 4.99 Å². The lowest BCUT2D eigenvalue weighted by Gasteiger charge is -2.33. The van der Waals surface area contributed by atoms with Gasteiger partial charge in [-0.2, -0.15) is 11.3 Å². The first-order valence-electron chi connectivity index (χ1n) is 9.25. The average molecular weight is 563 g/mol. The Morgan fingerprint density at radius 1 is 1.19 bits per heavy atom. The zero-order valence-electron chi connectivity index (χ0n) is 15.7. The Morgan fingerprint density at radius 3 is 2.56 bits per heavy atom. The van der Waals surface area contributed by atoms with Gasteiger partial charge in [-0.15, -0.1) is 24.0 Å². The van der Waals surface area contributed by atoms with Crippen LogP contribution in [0.15, 0.2) is 50.6 Å². The number of nitrogens with zero attached hydrogens (tertiary/aromatic N) is 2. The van der Waals surface area contributed by atoms with E-state index in [1.807, 2.05) is 0 Å². The number of nitrogens with one attached hydrogen (secondary N) is 2. The Morgan fingerprint density at radius 2 is 1.93 bits per heavy atom. The third-order valence-electron chi connectivity index (χ3n) is 4.59. The smallest absolute Gasteiger partial charge is 0.191 e. The summed E-state index contributed by atoms with van der Waals surface area (Å²) in [4.78, 5) is 7.30. The van der Waals surface area contributed by atoms with Gasteiger partial charge >= 0.3 is 0 Å². The van der Waals surface area contributed by atoms with Crippen LogP contribution >= 0.6 is 51.2 Å².